The van der Waals surface area contributed by atoms with Gasteiger partial charge in [-0.05, 0) is 57.4 Å². The maximum absolute atomic E-state index is 12.1. The van der Waals surface area contributed by atoms with E-state index in [1.807, 2.05) is 68.1 Å². The number of amides is 1. The first-order chi connectivity index (χ1) is 14.8. The first kappa shape index (κ1) is 23.1. The zero-order chi connectivity index (χ0) is 22.3. The van der Waals surface area contributed by atoms with E-state index in [4.69, 9.17) is 19.6 Å². The Kier molecular flexibility index (Phi) is 7.55. The SMILES string of the molecule is CC(C)(C)OC(=O)N1CCC2(CC1)CC(Oc1cc[o+]cc1)C2.NCc1ccccc1. The van der Waals surface area contributed by atoms with Gasteiger partial charge < -0.3 is 20.1 Å². The predicted molar refractivity (Wildman–Crippen MR) is 121 cm³/mol. The minimum atomic E-state index is -0.427. The zero-order valence-electron chi connectivity index (χ0n) is 18.9. The van der Waals surface area contributed by atoms with Crippen molar-refractivity contribution in [2.75, 3.05) is 13.1 Å². The molecule has 2 aliphatic rings. The van der Waals surface area contributed by atoms with Crippen LogP contribution in [0.5, 0.6) is 5.75 Å². The summed E-state index contributed by atoms with van der Waals surface area (Å²) in [6.07, 6.45) is 7.57. The van der Waals surface area contributed by atoms with Crippen molar-refractivity contribution in [1.82, 2.24) is 4.90 Å². The van der Waals surface area contributed by atoms with Gasteiger partial charge in [-0.3, -0.25) is 0 Å². The van der Waals surface area contributed by atoms with E-state index in [1.54, 1.807) is 12.5 Å². The number of piperidine rings is 1. The zero-order valence-corrected chi connectivity index (χ0v) is 18.9. The van der Waals surface area contributed by atoms with Crippen LogP contribution in [0.3, 0.4) is 0 Å². The average Bonchev–Trinajstić information content (AvgIpc) is 2.74. The molecule has 0 atom stereocenters. The molecule has 1 aliphatic heterocycles. The molecule has 1 saturated carbocycles. The lowest BCUT2D eigenvalue weighted by Crippen LogP contribution is -2.52. The monoisotopic (exact) mass is 427 g/mol. The minimum absolute atomic E-state index is 0.187. The van der Waals surface area contributed by atoms with Crippen LogP contribution in [0.1, 0.15) is 52.0 Å². The van der Waals surface area contributed by atoms with Gasteiger partial charge in [0, 0.05) is 19.6 Å². The molecule has 1 saturated heterocycles. The van der Waals surface area contributed by atoms with Gasteiger partial charge >= 0.3 is 18.6 Å². The van der Waals surface area contributed by atoms with Gasteiger partial charge in [0.05, 0.1) is 18.2 Å². The Balaban J connectivity index is 0.000000287. The quantitative estimate of drug-likeness (QED) is 0.676. The van der Waals surface area contributed by atoms with Crippen LogP contribution in [0, 0.1) is 5.41 Å². The third kappa shape index (κ3) is 6.96. The smallest absolute Gasteiger partial charge is 0.410 e. The molecular formula is C25H35N2O4+. The van der Waals surface area contributed by atoms with Crippen molar-refractivity contribution in [2.45, 2.75) is 64.7 Å². The summed E-state index contributed by atoms with van der Waals surface area (Å²) >= 11 is 0. The Labute approximate surface area is 185 Å². The number of likely N-dealkylation sites (tertiary alicyclic amines) is 1. The molecular weight excluding hydrogens is 392 g/mol. The highest BCUT2D eigenvalue weighted by Crippen LogP contribution is 2.50. The predicted octanol–water partition coefficient (Wildman–Crippen LogP) is 5.26. The summed E-state index contributed by atoms with van der Waals surface area (Å²) in [5.74, 6) is 0.863. The first-order valence-electron chi connectivity index (χ1n) is 11.0. The van der Waals surface area contributed by atoms with Crippen LogP contribution in [0.15, 0.2) is 59.4 Å². The average molecular weight is 428 g/mol. The molecule has 1 amide bonds. The Morgan fingerprint density at radius 1 is 1.10 bits per heavy atom. The minimum Gasteiger partial charge on any atom is -0.490 e. The summed E-state index contributed by atoms with van der Waals surface area (Å²) < 4.78 is 16.4. The van der Waals surface area contributed by atoms with Crippen LogP contribution in [-0.2, 0) is 11.3 Å². The van der Waals surface area contributed by atoms with Gasteiger partial charge in [0.25, 0.3) is 0 Å². The highest BCUT2D eigenvalue weighted by Gasteiger charge is 2.48. The molecule has 0 radical (unpaired) electrons. The number of nitrogens with two attached hydrogens (primary N) is 1. The van der Waals surface area contributed by atoms with Gasteiger partial charge in [0.2, 0.25) is 0 Å². The van der Waals surface area contributed by atoms with Gasteiger partial charge in [-0.1, -0.05) is 30.3 Å². The van der Waals surface area contributed by atoms with Crippen LogP contribution < -0.4 is 10.5 Å². The number of hydrogen-bond acceptors (Lipinski definition) is 4. The molecule has 6 nitrogen and oxygen atoms in total. The van der Waals surface area contributed by atoms with Crippen LogP contribution >= 0.6 is 0 Å². The van der Waals surface area contributed by atoms with Crippen molar-refractivity contribution in [3.63, 3.8) is 0 Å². The fourth-order valence-corrected chi connectivity index (χ4v) is 4.09. The standard InChI is InChI=1S/C18H26NO4.C7H9N/c1-17(2,3)23-16(20)19-8-6-18(7-9-19)12-15(13-18)22-14-4-10-21-11-5-14;8-6-7-4-2-1-3-5-7/h4-5,10-11,15H,6-9,12-13H2,1-3H3;1-5H,6,8H2/q+1;. The van der Waals surface area contributed by atoms with E-state index in [-0.39, 0.29) is 12.2 Å². The molecule has 4 rings (SSSR count). The normalized spacial score (nSPS) is 17.9. The van der Waals surface area contributed by atoms with Gasteiger partial charge in [-0.2, -0.15) is 0 Å². The van der Waals surface area contributed by atoms with Crippen LogP contribution in [0.25, 0.3) is 0 Å². The summed E-state index contributed by atoms with van der Waals surface area (Å²) in [4.78, 5) is 13.9. The number of ether oxygens (including phenoxy) is 2. The lowest BCUT2D eigenvalue weighted by Gasteiger charge is -2.51. The summed E-state index contributed by atoms with van der Waals surface area (Å²) in [6.45, 7) is 7.92. The van der Waals surface area contributed by atoms with Crippen molar-refractivity contribution in [3.05, 3.63) is 60.6 Å². The van der Waals surface area contributed by atoms with Gasteiger partial charge in [0.15, 0.2) is 0 Å². The molecule has 168 valence electrons. The molecule has 2 aromatic rings. The summed E-state index contributed by atoms with van der Waals surface area (Å²) in [5, 5.41) is 0. The second-order valence-electron chi connectivity index (χ2n) is 9.45. The fourth-order valence-electron chi connectivity index (χ4n) is 4.09. The molecule has 1 spiro atoms. The second-order valence-corrected chi connectivity index (χ2v) is 9.45. The van der Waals surface area contributed by atoms with Gasteiger partial charge in [-0.15, -0.1) is 0 Å². The number of hydrogen-bond donors (Lipinski definition) is 1. The topological polar surface area (TPSA) is 76.1 Å². The Hall–Kier alpha value is -2.60. The van der Waals surface area contributed by atoms with Crippen molar-refractivity contribution < 1.29 is 18.7 Å². The molecule has 0 bridgehead atoms. The number of carbonyl (C=O) groups is 1. The van der Waals surface area contributed by atoms with Crippen LogP contribution in [0.4, 0.5) is 4.79 Å². The van der Waals surface area contributed by atoms with Gasteiger partial charge in [0.1, 0.15) is 11.4 Å². The number of rotatable bonds is 3. The summed E-state index contributed by atoms with van der Waals surface area (Å²) in [5.41, 5.74) is 6.46. The maximum Gasteiger partial charge on any atom is 0.410 e. The Morgan fingerprint density at radius 2 is 1.71 bits per heavy atom. The Bertz CT molecular complexity index is 804. The third-order valence-electron chi connectivity index (χ3n) is 5.80. The number of nitrogens with zero attached hydrogens (tertiary/aromatic N) is 1. The molecule has 2 fully saturated rings. The van der Waals surface area contributed by atoms with Gasteiger partial charge in [-0.25, -0.2) is 9.21 Å². The van der Waals surface area contributed by atoms with E-state index < -0.39 is 5.60 Å². The maximum atomic E-state index is 12.1. The van der Waals surface area contributed by atoms with Crippen LogP contribution in [-0.4, -0.2) is 35.8 Å². The van der Waals surface area contributed by atoms with Crippen molar-refractivity contribution in [1.29, 1.82) is 0 Å². The lowest BCUT2D eigenvalue weighted by atomic mass is 9.61. The van der Waals surface area contributed by atoms with E-state index in [2.05, 4.69) is 0 Å². The van der Waals surface area contributed by atoms with E-state index in [9.17, 15) is 4.79 Å². The molecule has 31 heavy (non-hydrogen) atoms. The van der Waals surface area contributed by atoms with E-state index in [1.165, 1.54) is 5.56 Å². The van der Waals surface area contributed by atoms with E-state index in [0.717, 1.165) is 44.5 Å². The molecule has 1 aromatic carbocycles. The molecule has 1 aliphatic carbocycles. The first-order valence-corrected chi connectivity index (χ1v) is 11.0. The number of carbonyl (C=O) groups excluding carboxylic acids is 1. The molecule has 6 heteroatoms. The van der Waals surface area contributed by atoms with E-state index in [0.29, 0.717) is 12.0 Å². The number of benzene rings is 1. The third-order valence-corrected chi connectivity index (χ3v) is 5.80. The molecule has 1 aromatic heterocycles. The van der Waals surface area contributed by atoms with Crippen molar-refractivity contribution >= 4 is 6.09 Å². The van der Waals surface area contributed by atoms with Crippen molar-refractivity contribution in [2.24, 2.45) is 11.1 Å². The fraction of sp³-hybridized carbons (Fsp3) is 0.520. The lowest BCUT2D eigenvalue weighted by molar-refractivity contribution is -0.0584. The van der Waals surface area contributed by atoms with Crippen LogP contribution in [0.2, 0.25) is 0 Å². The highest BCUT2D eigenvalue weighted by molar-refractivity contribution is 5.68. The van der Waals surface area contributed by atoms with E-state index >= 15 is 0 Å². The highest BCUT2D eigenvalue weighted by atomic mass is 16.6. The summed E-state index contributed by atoms with van der Waals surface area (Å²) in [7, 11) is 0. The second kappa shape index (κ2) is 10.1. The van der Waals surface area contributed by atoms with Crippen molar-refractivity contribution in [3.8, 4) is 5.75 Å². The molecule has 2 N–H and O–H groups in total. The largest absolute Gasteiger partial charge is 0.490 e. The molecule has 2 heterocycles. The summed E-state index contributed by atoms with van der Waals surface area (Å²) in [6, 6.07) is 13.7. The Morgan fingerprint density at radius 3 is 2.23 bits per heavy atom. The molecule has 0 unspecified atom stereocenters.